The third-order valence-corrected chi connectivity index (χ3v) is 4.26. The molecule has 0 unspecified atom stereocenters. The number of carbonyl (C=O) groups is 1. The van der Waals surface area contributed by atoms with Gasteiger partial charge in [0.15, 0.2) is 5.82 Å². The molecule has 2 heterocycles. The Morgan fingerprint density at radius 1 is 1.22 bits per heavy atom. The number of aromatic nitrogens is 3. The number of hydrogen-bond acceptors (Lipinski definition) is 4. The molecule has 3 aromatic rings. The van der Waals surface area contributed by atoms with Crippen LogP contribution in [0.25, 0.3) is 16.7 Å². The summed E-state index contributed by atoms with van der Waals surface area (Å²) in [7, 11) is 0. The number of nitrogens with zero attached hydrogens (tertiary/aromatic N) is 3. The van der Waals surface area contributed by atoms with Crippen molar-refractivity contribution in [3.8, 4) is 5.69 Å². The van der Waals surface area contributed by atoms with E-state index in [-0.39, 0.29) is 5.91 Å². The summed E-state index contributed by atoms with van der Waals surface area (Å²) in [4.78, 5) is 19.8. The number of benzene rings is 1. The number of anilines is 2. The Balaban J connectivity index is 1.90. The van der Waals surface area contributed by atoms with Crippen LogP contribution in [0.4, 0.5) is 11.5 Å². The van der Waals surface area contributed by atoms with Crippen molar-refractivity contribution in [3.05, 3.63) is 41.9 Å². The molecule has 0 saturated heterocycles. The molecule has 0 atom stereocenters. The molecular weight excluding hydrogens is 290 g/mol. The first kappa shape index (κ1) is 13.8. The molecule has 2 aromatic heterocycles. The molecule has 3 N–H and O–H groups in total. The predicted molar refractivity (Wildman–Crippen MR) is 89.6 cm³/mol. The van der Waals surface area contributed by atoms with E-state index in [1.165, 1.54) is 24.5 Å². The zero-order valence-electron chi connectivity index (χ0n) is 12.8. The maximum atomic E-state index is 11.2. The van der Waals surface area contributed by atoms with Crippen LogP contribution in [0.1, 0.15) is 24.6 Å². The van der Waals surface area contributed by atoms with Crippen LogP contribution in [-0.4, -0.2) is 20.4 Å². The molecule has 0 radical (unpaired) electrons. The van der Waals surface area contributed by atoms with Gasteiger partial charge in [-0.05, 0) is 49.1 Å². The summed E-state index contributed by atoms with van der Waals surface area (Å²) in [5, 5.41) is 2.78. The Hall–Kier alpha value is -2.89. The van der Waals surface area contributed by atoms with Crippen LogP contribution < -0.4 is 11.1 Å². The van der Waals surface area contributed by atoms with Crippen molar-refractivity contribution < 1.29 is 4.79 Å². The van der Waals surface area contributed by atoms with Crippen molar-refractivity contribution in [2.45, 2.75) is 26.2 Å². The van der Waals surface area contributed by atoms with E-state index in [1.807, 2.05) is 24.3 Å². The van der Waals surface area contributed by atoms with Crippen LogP contribution in [0.5, 0.6) is 0 Å². The van der Waals surface area contributed by atoms with Crippen LogP contribution in [-0.2, 0) is 17.6 Å². The fourth-order valence-electron chi connectivity index (χ4n) is 3.38. The maximum Gasteiger partial charge on any atom is 0.221 e. The Labute approximate surface area is 133 Å². The summed E-state index contributed by atoms with van der Waals surface area (Å²) in [6, 6.07) is 7.75. The van der Waals surface area contributed by atoms with E-state index in [9.17, 15) is 4.79 Å². The van der Waals surface area contributed by atoms with Gasteiger partial charge in [-0.15, -0.1) is 0 Å². The van der Waals surface area contributed by atoms with Gasteiger partial charge in [-0.2, -0.15) is 0 Å². The summed E-state index contributed by atoms with van der Waals surface area (Å²) in [6.07, 6.45) is 4.70. The van der Waals surface area contributed by atoms with Crippen LogP contribution in [0.15, 0.2) is 30.6 Å². The summed E-state index contributed by atoms with van der Waals surface area (Å²) in [5.41, 5.74) is 12.3. The van der Waals surface area contributed by atoms with Gasteiger partial charge in [0.1, 0.15) is 11.8 Å². The third-order valence-electron chi connectivity index (χ3n) is 4.26. The van der Waals surface area contributed by atoms with Gasteiger partial charge in [-0.25, -0.2) is 9.97 Å². The molecular formula is C17H17N5O. The molecule has 4 rings (SSSR count). The highest BCUT2D eigenvalue weighted by atomic mass is 16.1. The number of nitrogens with two attached hydrogens (primary N) is 1. The Morgan fingerprint density at radius 3 is 2.74 bits per heavy atom. The van der Waals surface area contributed by atoms with E-state index >= 15 is 0 Å². The monoisotopic (exact) mass is 307 g/mol. The zero-order chi connectivity index (χ0) is 16.0. The fraction of sp³-hybridized carbons (Fsp3) is 0.235. The summed E-state index contributed by atoms with van der Waals surface area (Å²) >= 11 is 0. The summed E-state index contributed by atoms with van der Waals surface area (Å²) in [6.45, 7) is 1.50. The van der Waals surface area contributed by atoms with Gasteiger partial charge in [0, 0.05) is 24.0 Å². The normalized spacial score (nSPS) is 13.3. The van der Waals surface area contributed by atoms with Gasteiger partial charge < -0.3 is 15.6 Å². The van der Waals surface area contributed by atoms with E-state index in [0.717, 1.165) is 41.7 Å². The average Bonchev–Trinajstić information content (AvgIpc) is 3.09. The molecule has 0 spiro atoms. The second kappa shape index (κ2) is 5.08. The number of rotatable bonds is 2. The summed E-state index contributed by atoms with van der Waals surface area (Å²) in [5.74, 6) is 0.415. The van der Waals surface area contributed by atoms with Crippen molar-refractivity contribution in [3.63, 3.8) is 0 Å². The third kappa shape index (κ3) is 2.14. The molecule has 1 aromatic carbocycles. The van der Waals surface area contributed by atoms with Crippen molar-refractivity contribution in [1.29, 1.82) is 0 Å². The van der Waals surface area contributed by atoms with Gasteiger partial charge in [0.05, 0.1) is 5.52 Å². The van der Waals surface area contributed by atoms with E-state index in [4.69, 9.17) is 5.73 Å². The first-order valence-electron chi connectivity index (χ1n) is 7.66. The lowest BCUT2D eigenvalue weighted by atomic mass is 10.2. The van der Waals surface area contributed by atoms with E-state index in [1.54, 1.807) is 0 Å². The van der Waals surface area contributed by atoms with Crippen molar-refractivity contribution in [1.82, 2.24) is 14.5 Å². The number of fused-ring (bicyclic) bond motifs is 3. The molecule has 0 fully saturated rings. The molecule has 0 saturated carbocycles. The highest BCUT2D eigenvalue weighted by molar-refractivity contribution is 5.92. The molecule has 0 bridgehead atoms. The largest absolute Gasteiger partial charge is 0.382 e. The highest BCUT2D eigenvalue weighted by Gasteiger charge is 2.24. The Kier molecular flexibility index (Phi) is 3.04. The zero-order valence-corrected chi connectivity index (χ0v) is 12.8. The minimum absolute atomic E-state index is 0.0808. The number of amides is 1. The quantitative estimate of drug-likeness (QED) is 0.761. The number of nitrogen functional groups attached to an aromatic ring is 1. The van der Waals surface area contributed by atoms with Crippen LogP contribution in [0, 0.1) is 0 Å². The molecule has 6 heteroatoms. The van der Waals surface area contributed by atoms with Crippen molar-refractivity contribution in [2.24, 2.45) is 0 Å². The number of hydrogen-bond donors (Lipinski definition) is 2. The summed E-state index contributed by atoms with van der Waals surface area (Å²) < 4.78 is 2.16. The van der Waals surface area contributed by atoms with E-state index < -0.39 is 0 Å². The average molecular weight is 307 g/mol. The molecule has 23 heavy (non-hydrogen) atoms. The molecule has 116 valence electrons. The Morgan fingerprint density at radius 2 is 2.00 bits per heavy atom. The lowest BCUT2D eigenvalue weighted by Crippen LogP contribution is -2.06. The standard InChI is InChI=1S/C17H17N5O/c1-10(23)21-11-5-7-12(8-6-11)22-14-4-2-3-13(14)15-16(22)17(18)20-9-19-15/h5-9H,2-4H2,1H3,(H,21,23)(H2,18,19,20). The van der Waals surface area contributed by atoms with E-state index in [0.29, 0.717) is 5.82 Å². The second-order valence-electron chi connectivity index (χ2n) is 5.80. The van der Waals surface area contributed by atoms with Crippen LogP contribution in [0.2, 0.25) is 0 Å². The topological polar surface area (TPSA) is 85.8 Å². The molecule has 6 nitrogen and oxygen atoms in total. The van der Waals surface area contributed by atoms with Gasteiger partial charge in [-0.3, -0.25) is 4.79 Å². The smallest absolute Gasteiger partial charge is 0.221 e. The van der Waals surface area contributed by atoms with Gasteiger partial charge in [0.2, 0.25) is 5.91 Å². The van der Waals surface area contributed by atoms with Crippen molar-refractivity contribution >= 4 is 28.4 Å². The second-order valence-corrected chi connectivity index (χ2v) is 5.80. The van der Waals surface area contributed by atoms with Crippen LogP contribution in [0.3, 0.4) is 0 Å². The Bertz CT molecular complexity index is 911. The molecule has 0 aliphatic heterocycles. The number of nitrogens with one attached hydrogen (secondary N) is 1. The van der Waals surface area contributed by atoms with Crippen LogP contribution >= 0.6 is 0 Å². The number of carbonyl (C=O) groups excluding carboxylic acids is 1. The van der Waals surface area contributed by atoms with E-state index in [2.05, 4.69) is 19.9 Å². The van der Waals surface area contributed by atoms with Gasteiger partial charge in [-0.1, -0.05) is 0 Å². The molecule has 1 aliphatic carbocycles. The SMILES string of the molecule is CC(=O)Nc1ccc(-n2c3c(c4ncnc(N)c42)CCC3)cc1. The first-order valence-corrected chi connectivity index (χ1v) is 7.66. The van der Waals surface area contributed by atoms with Crippen molar-refractivity contribution in [2.75, 3.05) is 11.1 Å². The lowest BCUT2D eigenvalue weighted by Gasteiger charge is -2.11. The van der Waals surface area contributed by atoms with Gasteiger partial charge in [0.25, 0.3) is 0 Å². The minimum Gasteiger partial charge on any atom is -0.382 e. The molecule has 1 amide bonds. The first-order chi connectivity index (χ1) is 11.1. The maximum absolute atomic E-state index is 11.2. The van der Waals surface area contributed by atoms with Gasteiger partial charge >= 0.3 is 0 Å². The number of aryl methyl sites for hydroxylation is 1. The minimum atomic E-state index is -0.0808. The highest BCUT2D eigenvalue weighted by Crippen LogP contribution is 2.36. The fourth-order valence-corrected chi connectivity index (χ4v) is 3.38. The molecule has 1 aliphatic rings. The lowest BCUT2D eigenvalue weighted by molar-refractivity contribution is -0.114. The predicted octanol–water partition coefficient (Wildman–Crippen LogP) is 2.45.